The zero-order valence-electron chi connectivity index (χ0n) is 10.7. The molecule has 0 spiro atoms. The molecule has 0 bridgehead atoms. The van der Waals surface area contributed by atoms with Crippen molar-refractivity contribution in [2.24, 2.45) is 0 Å². The Morgan fingerprint density at radius 2 is 2.29 bits per heavy atom. The number of nitrogens with zero attached hydrogens (tertiary/aromatic N) is 2. The van der Waals surface area contributed by atoms with Gasteiger partial charge in [-0.15, -0.1) is 11.3 Å². The second-order valence-corrected chi connectivity index (χ2v) is 5.19. The number of hydrogen-bond donors (Lipinski definition) is 1. The third-order valence-electron chi connectivity index (χ3n) is 2.85. The van der Waals surface area contributed by atoms with Crippen LogP contribution in [0.2, 0.25) is 0 Å². The highest BCUT2D eigenvalue weighted by Gasteiger charge is 2.09. The highest BCUT2D eigenvalue weighted by atomic mass is 32.1. The molecular formula is C13H19N3S. The van der Waals surface area contributed by atoms with Gasteiger partial charge in [-0.2, -0.15) is 5.10 Å². The Morgan fingerprint density at radius 1 is 1.47 bits per heavy atom. The van der Waals surface area contributed by atoms with E-state index in [2.05, 4.69) is 40.4 Å². The van der Waals surface area contributed by atoms with Crippen LogP contribution in [0.1, 0.15) is 23.9 Å². The van der Waals surface area contributed by atoms with Gasteiger partial charge < -0.3 is 5.32 Å². The Kier molecular flexibility index (Phi) is 3.97. The number of hydrogen-bond acceptors (Lipinski definition) is 3. The topological polar surface area (TPSA) is 29.9 Å². The lowest BCUT2D eigenvalue weighted by molar-refractivity contribution is 0.587. The molecule has 0 saturated heterocycles. The Balaban J connectivity index is 2.26. The summed E-state index contributed by atoms with van der Waals surface area (Å²) >= 11 is 1.80. The van der Waals surface area contributed by atoms with Crippen LogP contribution < -0.4 is 5.32 Å². The van der Waals surface area contributed by atoms with Gasteiger partial charge in [0.2, 0.25) is 0 Å². The van der Waals surface area contributed by atoms with Gasteiger partial charge in [-0.1, -0.05) is 6.92 Å². The maximum absolute atomic E-state index is 4.44. The largest absolute Gasteiger partial charge is 0.315 e. The van der Waals surface area contributed by atoms with Crippen molar-refractivity contribution in [1.82, 2.24) is 15.1 Å². The molecule has 17 heavy (non-hydrogen) atoms. The summed E-state index contributed by atoms with van der Waals surface area (Å²) in [5, 5.41) is 9.84. The predicted octanol–water partition coefficient (Wildman–Crippen LogP) is 3.05. The normalized spacial score (nSPS) is 11.0. The van der Waals surface area contributed by atoms with Gasteiger partial charge in [0.15, 0.2) is 0 Å². The average Bonchev–Trinajstić information content (AvgIpc) is 2.89. The van der Waals surface area contributed by atoms with Crippen molar-refractivity contribution < 1.29 is 0 Å². The number of thiophene rings is 1. The number of aryl methyl sites for hydroxylation is 1. The summed E-state index contributed by atoms with van der Waals surface area (Å²) in [4.78, 5) is 1.37. The van der Waals surface area contributed by atoms with Crippen LogP contribution in [0.25, 0.3) is 11.1 Å². The molecule has 1 N–H and O–H groups in total. The van der Waals surface area contributed by atoms with Gasteiger partial charge >= 0.3 is 0 Å². The van der Waals surface area contributed by atoms with Crippen LogP contribution in [0, 0.1) is 6.92 Å². The van der Waals surface area contributed by atoms with Gasteiger partial charge in [0.1, 0.15) is 0 Å². The molecule has 2 heterocycles. The van der Waals surface area contributed by atoms with Crippen LogP contribution in [-0.4, -0.2) is 16.8 Å². The van der Waals surface area contributed by atoms with E-state index in [0.717, 1.165) is 19.5 Å². The number of nitrogens with one attached hydrogen (secondary N) is 1. The fraction of sp³-hybridized carbons (Fsp3) is 0.462. The van der Waals surface area contributed by atoms with Crippen molar-refractivity contribution in [3.8, 4) is 11.1 Å². The lowest BCUT2D eigenvalue weighted by atomic mass is 10.1. The van der Waals surface area contributed by atoms with Crippen molar-refractivity contribution in [2.45, 2.75) is 33.4 Å². The average molecular weight is 249 g/mol. The molecule has 0 atom stereocenters. The molecule has 2 rings (SSSR count). The molecule has 2 aromatic heterocycles. The predicted molar refractivity (Wildman–Crippen MR) is 73.3 cm³/mol. The first-order chi connectivity index (χ1) is 8.26. The zero-order chi connectivity index (χ0) is 12.3. The fourth-order valence-electron chi connectivity index (χ4n) is 1.96. The second kappa shape index (κ2) is 5.47. The monoisotopic (exact) mass is 249 g/mol. The Labute approximate surface area is 106 Å². The van der Waals surface area contributed by atoms with Crippen LogP contribution in [0.4, 0.5) is 0 Å². The minimum absolute atomic E-state index is 0.937. The molecular weight excluding hydrogens is 230 g/mol. The van der Waals surface area contributed by atoms with Gasteiger partial charge in [0, 0.05) is 29.2 Å². The number of aromatic nitrogens is 2. The summed E-state index contributed by atoms with van der Waals surface area (Å²) in [6.45, 7) is 6.26. The third kappa shape index (κ3) is 2.58. The molecule has 0 unspecified atom stereocenters. The second-order valence-electron chi connectivity index (χ2n) is 4.20. The molecule has 0 aliphatic rings. The van der Waals surface area contributed by atoms with E-state index in [-0.39, 0.29) is 0 Å². The summed E-state index contributed by atoms with van der Waals surface area (Å²) in [6.07, 6.45) is 3.10. The molecule has 0 saturated carbocycles. The smallest absolute Gasteiger partial charge is 0.0571 e. The summed E-state index contributed by atoms with van der Waals surface area (Å²) in [6, 6.07) is 2.25. The quantitative estimate of drug-likeness (QED) is 0.882. The lowest BCUT2D eigenvalue weighted by Gasteiger charge is -2.02. The molecule has 0 aliphatic heterocycles. The molecule has 0 fully saturated rings. The van der Waals surface area contributed by atoms with Gasteiger partial charge in [-0.25, -0.2) is 0 Å². The molecule has 0 aliphatic carbocycles. The van der Waals surface area contributed by atoms with Crippen molar-refractivity contribution in [1.29, 1.82) is 0 Å². The fourth-order valence-corrected chi connectivity index (χ4v) is 2.85. The first-order valence-electron chi connectivity index (χ1n) is 6.01. The molecule has 4 heteroatoms. The Morgan fingerprint density at radius 3 is 3.00 bits per heavy atom. The first-order valence-corrected chi connectivity index (χ1v) is 6.89. The first kappa shape index (κ1) is 12.3. The van der Waals surface area contributed by atoms with Gasteiger partial charge in [-0.3, -0.25) is 4.68 Å². The maximum atomic E-state index is 4.44. The van der Waals surface area contributed by atoms with Crippen LogP contribution in [0.5, 0.6) is 0 Å². The minimum Gasteiger partial charge on any atom is -0.315 e. The summed E-state index contributed by atoms with van der Waals surface area (Å²) in [7, 11) is 1.98. The molecule has 3 nitrogen and oxygen atoms in total. The van der Waals surface area contributed by atoms with Crippen molar-refractivity contribution in [3.05, 3.63) is 28.2 Å². The van der Waals surface area contributed by atoms with E-state index in [1.807, 2.05) is 13.2 Å². The van der Waals surface area contributed by atoms with E-state index in [9.17, 15) is 0 Å². The molecule has 2 aromatic rings. The molecule has 0 amide bonds. The van der Waals surface area contributed by atoms with Crippen LogP contribution in [0.3, 0.4) is 0 Å². The molecule has 0 aromatic carbocycles. The zero-order valence-corrected chi connectivity index (χ0v) is 11.5. The SMILES string of the molecule is CCCn1ncc(-c2csc(CNC)c2)c1C. The van der Waals surface area contributed by atoms with Crippen LogP contribution in [-0.2, 0) is 13.1 Å². The number of rotatable bonds is 5. The molecule has 0 radical (unpaired) electrons. The minimum atomic E-state index is 0.937. The highest BCUT2D eigenvalue weighted by Crippen LogP contribution is 2.28. The van der Waals surface area contributed by atoms with E-state index < -0.39 is 0 Å². The van der Waals surface area contributed by atoms with Crippen molar-refractivity contribution in [2.75, 3.05) is 7.05 Å². The third-order valence-corrected chi connectivity index (χ3v) is 3.79. The highest BCUT2D eigenvalue weighted by molar-refractivity contribution is 7.10. The van der Waals surface area contributed by atoms with Gasteiger partial charge in [0.05, 0.1) is 6.20 Å². The van der Waals surface area contributed by atoms with Gasteiger partial charge in [0.25, 0.3) is 0 Å². The Bertz CT molecular complexity index is 485. The van der Waals surface area contributed by atoms with Crippen LogP contribution >= 0.6 is 11.3 Å². The molecule has 92 valence electrons. The van der Waals surface area contributed by atoms with E-state index in [0.29, 0.717) is 0 Å². The standard InChI is InChI=1S/C13H19N3S/c1-4-5-16-10(2)13(8-15-16)11-6-12(7-14-3)17-9-11/h6,8-9,14H,4-5,7H2,1-3H3. The lowest BCUT2D eigenvalue weighted by Crippen LogP contribution is -2.02. The summed E-state index contributed by atoms with van der Waals surface area (Å²) < 4.78 is 2.09. The van der Waals surface area contributed by atoms with Crippen molar-refractivity contribution in [3.63, 3.8) is 0 Å². The van der Waals surface area contributed by atoms with Gasteiger partial charge in [-0.05, 0) is 37.4 Å². The van der Waals surface area contributed by atoms with E-state index >= 15 is 0 Å². The maximum Gasteiger partial charge on any atom is 0.0571 e. The summed E-state index contributed by atoms with van der Waals surface area (Å²) in [5.41, 5.74) is 3.82. The van der Waals surface area contributed by atoms with E-state index in [4.69, 9.17) is 0 Å². The van der Waals surface area contributed by atoms with Crippen LogP contribution in [0.15, 0.2) is 17.6 Å². The van der Waals surface area contributed by atoms with Crippen molar-refractivity contribution >= 4 is 11.3 Å². The van der Waals surface area contributed by atoms with E-state index in [1.165, 1.54) is 21.7 Å². The van der Waals surface area contributed by atoms with E-state index in [1.54, 1.807) is 11.3 Å². The summed E-state index contributed by atoms with van der Waals surface area (Å²) in [5.74, 6) is 0. The Hall–Kier alpha value is -1.13.